The zero-order chi connectivity index (χ0) is 15.0. The number of primary amides is 1. The summed E-state index contributed by atoms with van der Waals surface area (Å²) in [5.74, 6) is 0.699. The van der Waals surface area contributed by atoms with E-state index in [0.29, 0.717) is 36.0 Å². The number of furan rings is 1. The lowest BCUT2D eigenvalue weighted by Crippen LogP contribution is -2.31. The summed E-state index contributed by atoms with van der Waals surface area (Å²) in [4.78, 5) is 29.5. The third kappa shape index (κ3) is 2.69. The highest BCUT2D eigenvalue weighted by atomic mass is 32.1. The van der Waals surface area contributed by atoms with Gasteiger partial charge in [0.2, 0.25) is 5.91 Å². The predicted molar refractivity (Wildman–Crippen MR) is 77.8 cm³/mol. The van der Waals surface area contributed by atoms with Crippen LogP contribution in [0.25, 0.3) is 10.8 Å². The standard InChI is InChI=1S/C14H15N3O3S/c1-8-2-3-11(20-8)13-16-10(7-21-13)14(19)17-5-4-9(6-17)12(15)18/h2-3,7,9H,4-6H2,1H3,(H2,15,18)/t9-/m1/s1. The van der Waals surface area contributed by atoms with Crippen molar-refractivity contribution in [3.05, 3.63) is 29.0 Å². The fraction of sp³-hybridized carbons (Fsp3) is 0.357. The molecule has 2 aromatic heterocycles. The van der Waals surface area contributed by atoms with Gasteiger partial charge >= 0.3 is 0 Å². The average Bonchev–Trinajstić information content (AvgIpc) is 3.17. The van der Waals surface area contributed by atoms with Crippen molar-refractivity contribution in [1.29, 1.82) is 0 Å². The molecule has 0 aromatic carbocycles. The van der Waals surface area contributed by atoms with Gasteiger partial charge in [0.25, 0.3) is 5.91 Å². The Morgan fingerprint density at radius 3 is 2.90 bits per heavy atom. The first-order valence-electron chi connectivity index (χ1n) is 6.65. The molecule has 21 heavy (non-hydrogen) atoms. The smallest absolute Gasteiger partial charge is 0.273 e. The highest BCUT2D eigenvalue weighted by molar-refractivity contribution is 7.13. The largest absolute Gasteiger partial charge is 0.459 e. The molecule has 3 heterocycles. The van der Waals surface area contributed by atoms with Crippen LogP contribution in [-0.2, 0) is 4.79 Å². The second-order valence-electron chi connectivity index (χ2n) is 5.09. The molecule has 7 heteroatoms. The fourth-order valence-electron chi connectivity index (χ4n) is 2.37. The number of aryl methyl sites for hydroxylation is 1. The summed E-state index contributed by atoms with van der Waals surface area (Å²) >= 11 is 1.37. The molecule has 2 aromatic rings. The summed E-state index contributed by atoms with van der Waals surface area (Å²) in [6, 6.07) is 3.69. The van der Waals surface area contributed by atoms with Gasteiger partial charge in [-0.25, -0.2) is 4.98 Å². The monoisotopic (exact) mass is 305 g/mol. The molecule has 2 amide bonds. The van der Waals surface area contributed by atoms with Crippen molar-refractivity contribution in [3.8, 4) is 10.8 Å². The van der Waals surface area contributed by atoms with Crippen LogP contribution in [0.3, 0.4) is 0 Å². The van der Waals surface area contributed by atoms with Crippen LogP contribution >= 0.6 is 11.3 Å². The molecule has 1 fully saturated rings. The second-order valence-corrected chi connectivity index (χ2v) is 5.95. The number of carbonyl (C=O) groups is 2. The topological polar surface area (TPSA) is 89.4 Å². The van der Waals surface area contributed by atoms with Gasteiger partial charge in [0.15, 0.2) is 10.8 Å². The Kier molecular flexibility index (Phi) is 3.50. The minimum absolute atomic E-state index is 0.162. The first-order chi connectivity index (χ1) is 10.0. The van der Waals surface area contributed by atoms with Gasteiger partial charge in [-0.1, -0.05) is 0 Å². The van der Waals surface area contributed by atoms with Gasteiger partial charge in [0, 0.05) is 18.5 Å². The normalized spacial score (nSPS) is 18.1. The van der Waals surface area contributed by atoms with Crippen LogP contribution in [-0.4, -0.2) is 34.8 Å². The summed E-state index contributed by atoms with van der Waals surface area (Å²) in [5, 5.41) is 2.39. The number of hydrogen-bond donors (Lipinski definition) is 1. The van der Waals surface area contributed by atoms with E-state index in [4.69, 9.17) is 10.2 Å². The van der Waals surface area contributed by atoms with Crippen LogP contribution in [0.15, 0.2) is 21.9 Å². The van der Waals surface area contributed by atoms with E-state index in [9.17, 15) is 9.59 Å². The van der Waals surface area contributed by atoms with Gasteiger partial charge in [-0.15, -0.1) is 11.3 Å². The van der Waals surface area contributed by atoms with E-state index in [1.54, 1.807) is 10.3 Å². The quantitative estimate of drug-likeness (QED) is 0.934. The van der Waals surface area contributed by atoms with E-state index in [1.807, 2.05) is 19.1 Å². The maximum Gasteiger partial charge on any atom is 0.273 e. The first-order valence-corrected chi connectivity index (χ1v) is 7.53. The van der Waals surface area contributed by atoms with Gasteiger partial charge in [-0.05, 0) is 25.5 Å². The highest BCUT2D eigenvalue weighted by Gasteiger charge is 2.31. The molecule has 1 atom stereocenters. The summed E-state index contributed by atoms with van der Waals surface area (Å²) in [7, 11) is 0. The third-order valence-corrected chi connectivity index (χ3v) is 4.41. The highest BCUT2D eigenvalue weighted by Crippen LogP contribution is 2.27. The molecule has 1 aliphatic heterocycles. The summed E-state index contributed by atoms with van der Waals surface area (Å²) < 4.78 is 5.50. The molecule has 1 saturated heterocycles. The number of aromatic nitrogens is 1. The number of amides is 2. The molecule has 0 aliphatic carbocycles. The lowest BCUT2D eigenvalue weighted by molar-refractivity contribution is -0.121. The molecule has 1 aliphatic rings. The minimum atomic E-state index is -0.352. The number of nitrogens with zero attached hydrogens (tertiary/aromatic N) is 2. The van der Waals surface area contributed by atoms with Crippen molar-refractivity contribution in [3.63, 3.8) is 0 Å². The maximum atomic E-state index is 12.4. The molecule has 0 bridgehead atoms. The van der Waals surface area contributed by atoms with Crippen molar-refractivity contribution in [2.45, 2.75) is 13.3 Å². The Balaban J connectivity index is 1.74. The van der Waals surface area contributed by atoms with Crippen LogP contribution < -0.4 is 5.73 Å². The molecule has 0 radical (unpaired) electrons. The molecule has 0 saturated carbocycles. The van der Waals surface area contributed by atoms with Crippen molar-refractivity contribution < 1.29 is 14.0 Å². The van der Waals surface area contributed by atoms with Gasteiger partial charge in [-0.3, -0.25) is 9.59 Å². The lowest BCUT2D eigenvalue weighted by Gasteiger charge is -2.13. The second kappa shape index (κ2) is 5.33. The molecule has 2 N–H and O–H groups in total. The Morgan fingerprint density at radius 1 is 1.48 bits per heavy atom. The number of thiazole rings is 1. The van der Waals surface area contributed by atoms with Crippen LogP contribution in [0, 0.1) is 12.8 Å². The van der Waals surface area contributed by atoms with E-state index in [1.165, 1.54) is 11.3 Å². The molecule has 6 nitrogen and oxygen atoms in total. The molecular formula is C14H15N3O3S. The average molecular weight is 305 g/mol. The van der Waals surface area contributed by atoms with E-state index in [-0.39, 0.29) is 17.7 Å². The zero-order valence-corrected chi connectivity index (χ0v) is 12.4. The zero-order valence-electron chi connectivity index (χ0n) is 11.5. The van der Waals surface area contributed by atoms with Crippen LogP contribution in [0.1, 0.15) is 22.7 Å². The summed E-state index contributed by atoms with van der Waals surface area (Å²) in [5.41, 5.74) is 5.66. The number of hydrogen-bond acceptors (Lipinski definition) is 5. The van der Waals surface area contributed by atoms with Crippen molar-refractivity contribution in [1.82, 2.24) is 9.88 Å². The van der Waals surface area contributed by atoms with Crippen LogP contribution in [0.5, 0.6) is 0 Å². The fourth-order valence-corrected chi connectivity index (χ4v) is 3.13. The van der Waals surface area contributed by atoms with Gasteiger partial charge in [0.1, 0.15) is 11.5 Å². The van der Waals surface area contributed by atoms with E-state index in [0.717, 1.165) is 5.76 Å². The third-order valence-electron chi connectivity index (χ3n) is 3.55. The van der Waals surface area contributed by atoms with E-state index in [2.05, 4.69) is 4.98 Å². The van der Waals surface area contributed by atoms with Gasteiger partial charge in [-0.2, -0.15) is 0 Å². The number of nitrogens with two attached hydrogens (primary N) is 1. The van der Waals surface area contributed by atoms with Crippen molar-refractivity contribution in [2.24, 2.45) is 11.7 Å². The Labute approximate surface area is 125 Å². The molecule has 0 unspecified atom stereocenters. The molecule has 3 rings (SSSR count). The SMILES string of the molecule is Cc1ccc(-c2nc(C(=O)N3CC[C@@H](C(N)=O)C3)cs2)o1. The van der Waals surface area contributed by atoms with Gasteiger partial charge in [0.05, 0.1) is 5.92 Å². The lowest BCUT2D eigenvalue weighted by atomic mass is 10.1. The maximum absolute atomic E-state index is 12.4. The molecular weight excluding hydrogens is 290 g/mol. The molecule has 110 valence electrons. The van der Waals surface area contributed by atoms with Crippen molar-refractivity contribution >= 4 is 23.2 Å². The number of carbonyl (C=O) groups excluding carboxylic acids is 2. The van der Waals surface area contributed by atoms with E-state index >= 15 is 0 Å². The Bertz CT molecular complexity index is 691. The Hall–Kier alpha value is -2.15. The number of likely N-dealkylation sites (tertiary alicyclic amines) is 1. The molecule has 0 spiro atoms. The summed E-state index contributed by atoms with van der Waals surface area (Å²) in [6.07, 6.45) is 0.620. The first kappa shape index (κ1) is 13.8. The van der Waals surface area contributed by atoms with Crippen LogP contribution in [0.4, 0.5) is 0 Å². The minimum Gasteiger partial charge on any atom is -0.459 e. The Morgan fingerprint density at radius 2 is 2.29 bits per heavy atom. The van der Waals surface area contributed by atoms with Crippen molar-refractivity contribution in [2.75, 3.05) is 13.1 Å². The van der Waals surface area contributed by atoms with Gasteiger partial charge < -0.3 is 15.1 Å². The summed E-state index contributed by atoms with van der Waals surface area (Å²) in [6.45, 7) is 2.78. The number of rotatable bonds is 3. The van der Waals surface area contributed by atoms with E-state index < -0.39 is 0 Å². The van der Waals surface area contributed by atoms with Crippen LogP contribution in [0.2, 0.25) is 0 Å². The predicted octanol–water partition coefficient (Wildman–Crippen LogP) is 1.66.